The van der Waals surface area contributed by atoms with Gasteiger partial charge in [0.1, 0.15) is 6.61 Å². The summed E-state index contributed by atoms with van der Waals surface area (Å²) < 4.78 is 11.0. The van der Waals surface area contributed by atoms with Gasteiger partial charge in [-0.05, 0) is 18.4 Å². The molecule has 3 rings (SSSR count). The van der Waals surface area contributed by atoms with Crippen molar-refractivity contribution in [3.05, 3.63) is 66.2 Å². The number of rotatable bonds is 7. The molecule has 0 radical (unpaired) electrons. The van der Waals surface area contributed by atoms with Gasteiger partial charge in [0.05, 0.1) is 13.6 Å². The minimum atomic E-state index is -2.19. The lowest BCUT2D eigenvalue weighted by molar-refractivity contribution is -0.163. The van der Waals surface area contributed by atoms with E-state index in [1.165, 1.54) is 10.8 Å². The highest BCUT2D eigenvalue weighted by Crippen LogP contribution is 2.35. The molecule has 5 heteroatoms. The Labute approximate surface area is 174 Å². The quantitative estimate of drug-likeness (QED) is 0.509. The molecule has 29 heavy (non-hydrogen) atoms. The molecule has 2 aromatic carbocycles. The molecule has 4 nitrogen and oxygen atoms in total. The first-order chi connectivity index (χ1) is 13.7. The summed E-state index contributed by atoms with van der Waals surface area (Å²) in [5.74, 6) is -0.720. The third-order valence-corrected chi connectivity index (χ3v) is 10.1. The van der Waals surface area contributed by atoms with Gasteiger partial charge in [0.15, 0.2) is 0 Å². The van der Waals surface area contributed by atoms with Crippen LogP contribution in [0.2, 0.25) is 18.6 Å². The maximum atomic E-state index is 13.4. The standard InChI is InChI=1S/C24H30O4Si/c1-24(2)17-27-23(26)21(24)28-22(25)20(16-15-18-11-7-5-8-12-18)29(3,4)19-13-9-6-10-14-19/h5-14,20-21H,15-17H2,1-4H3/t20-,21-/m0/s1. The Kier molecular flexibility index (Phi) is 6.27. The van der Waals surface area contributed by atoms with Crippen molar-refractivity contribution in [2.75, 3.05) is 6.61 Å². The van der Waals surface area contributed by atoms with Crippen molar-refractivity contribution in [3.8, 4) is 0 Å². The van der Waals surface area contributed by atoms with Gasteiger partial charge in [-0.15, -0.1) is 0 Å². The van der Waals surface area contributed by atoms with Gasteiger partial charge in [-0.2, -0.15) is 0 Å². The Morgan fingerprint density at radius 3 is 2.24 bits per heavy atom. The van der Waals surface area contributed by atoms with Crippen molar-refractivity contribution < 1.29 is 19.1 Å². The molecule has 0 aromatic heterocycles. The highest BCUT2D eigenvalue weighted by atomic mass is 28.3. The monoisotopic (exact) mass is 410 g/mol. The molecular weight excluding hydrogens is 380 g/mol. The number of esters is 2. The molecule has 1 fully saturated rings. The van der Waals surface area contributed by atoms with Crippen LogP contribution >= 0.6 is 0 Å². The van der Waals surface area contributed by atoms with Crippen molar-refractivity contribution >= 4 is 25.2 Å². The first-order valence-corrected chi connectivity index (χ1v) is 13.3. The third kappa shape index (κ3) is 4.78. The highest BCUT2D eigenvalue weighted by molar-refractivity contribution is 6.93. The average molecular weight is 411 g/mol. The molecule has 0 unspecified atom stereocenters. The molecule has 0 amide bonds. The number of carbonyl (C=O) groups is 2. The van der Waals surface area contributed by atoms with Crippen molar-refractivity contribution in [1.29, 1.82) is 0 Å². The van der Waals surface area contributed by atoms with Crippen LogP contribution in [0.15, 0.2) is 60.7 Å². The summed E-state index contributed by atoms with van der Waals surface area (Å²) in [4.78, 5) is 25.5. The molecule has 154 valence electrons. The molecular formula is C24H30O4Si. The summed E-state index contributed by atoms with van der Waals surface area (Å²) in [5.41, 5.74) is 0.438. The molecule has 1 aliphatic rings. The van der Waals surface area contributed by atoms with Crippen LogP contribution in [0.4, 0.5) is 0 Å². The minimum Gasteiger partial charge on any atom is -0.462 e. The van der Waals surface area contributed by atoms with Crippen molar-refractivity contribution in [1.82, 2.24) is 0 Å². The van der Waals surface area contributed by atoms with Crippen LogP contribution < -0.4 is 5.19 Å². The molecule has 2 aromatic rings. The van der Waals surface area contributed by atoms with Crippen molar-refractivity contribution in [3.63, 3.8) is 0 Å². The molecule has 1 aliphatic heterocycles. The van der Waals surface area contributed by atoms with Crippen molar-refractivity contribution in [2.24, 2.45) is 5.41 Å². The largest absolute Gasteiger partial charge is 0.462 e. The lowest BCUT2D eigenvalue weighted by Crippen LogP contribution is -2.50. The minimum absolute atomic E-state index is 0.255. The number of hydrogen-bond donors (Lipinski definition) is 0. The number of ether oxygens (including phenoxy) is 2. The highest BCUT2D eigenvalue weighted by Gasteiger charge is 2.49. The average Bonchev–Trinajstić information content (AvgIpc) is 2.96. The Bertz CT molecular complexity index is 846. The van der Waals surface area contributed by atoms with E-state index in [2.05, 4.69) is 37.4 Å². The molecule has 1 heterocycles. The normalized spacial score (nSPS) is 19.4. The second kappa shape index (κ2) is 8.53. The summed E-state index contributed by atoms with van der Waals surface area (Å²) in [6.07, 6.45) is 0.649. The summed E-state index contributed by atoms with van der Waals surface area (Å²) in [6, 6.07) is 20.4. The zero-order valence-electron chi connectivity index (χ0n) is 17.7. The summed E-state index contributed by atoms with van der Waals surface area (Å²) in [6.45, 7) is 8.48. The summed E-state index contributed by atoms with van der Waals surface area (Å²) in [7, 11) is -2.19. The number of carbonyl (C=O) groups excluding carboxylic acids is 2. The molecule has 1 saturated heterocycles. The third-order valence-electron chi connectivity index (χ3n) is 5.98. The lowest BCUT2D eigenvalue weighted by atomic mass is 9.90. The van der Waals surface area contributed by atoms with E-state index in [4.69, 9.17) is 9.47 Å². The number of aryl methyl sites for hydroxylation is 1. The second-order valence-electron chi connectivity index (χ2n) is 9.08. The van der Waals surface area contributed by atoms with Gasteiger partial charge in [0, 0.05) is 5.41 Å². The maximum Gasteiger partial charge on any atom is 0.348 e. The van der Waals surface area contributed by atoms with E-state index in [0.717, 1.165) is 6.42 Å². The summed E-state index contributed by atoms with van der Waals surface area (Å²) in [5, 5.41) is 1.21. The fourth-order valence-corrected chi connectivity index (χ4v) is 6.91. The van der Waals surface area contributed by atoms with Crippen LogP contribution in [0.3, 0.4) is 0 Å². The maximum absolute atomic E-state index is 13.4. The first-order valence-electron chi connectivity index (χ1n) is 10.2. The molecule has 0 bridgehead atoms. The van der Waals surface area contributed by atoms with Gasteiger partial charge in [-0.1, -0.05) is 92.8 Å². The smallest absolute Gasteiger partial charge is 0.348 e. The van der Waals surface area contributed by atoms with Gasteiger partial charge in [0.2, 0.25) is 6.10 Å². The second-order valence-corrected chi connectivity index (χ2v) is 13.8. The fraction of sp³-hybridized carbons (Fsp3) is 0.417. The van der Waals surface area contributed by atoms with Gasteiger partial charge < -0.3 is 9.47 Å². The molecule has 0 spiro atoms. The number of benzene rings is 2. The Morgan fingerprint density at radius 2 is 1.69 bits per heavy atom. The topological polar surface area (TPSA) is 52.6 Å². The van der Waals surface area contributed by atoms with E-state index in [1.807, 2.05) is 50.2 Å². The number of hydrogen-bond acceptors (Lipinski definition) is 4. The molecule has 0 aliphatic carbocycles. The van der Waals surface area contributed by atoms with E-state index in [1.54, 1.807) is 0 Å². The lowest BCUT2D eigenvalue weighted by Gasteiger charge is -2.33. The van der Waals surface area contributed by atoms with Crippen LogP contribution in [0, 0.1) is 5.41 Å². The zero-order valence-corrected chi connectivity index (χ0v) is 18.7. The Balaban J connectivity index is 1.85. The first kappa shape index (κ1) is 21.3. The fourth-order valence-electron chi connectivity index (χ4n) is 3.93. The molecule has 0 N–H and O–H groups in total. The zero-order chi connectivity index (χ0) is 21.1. The SMILES string of the molecule is CC1(C)COC(=O)[C@@H]1OC(=O)[C@H](CCc1ccccc1)[Si](C)(C)c1ccccc1. The Hall–Kier alpha value is -2.40. The van der Waals surface area contributed by atoms with E-state index in [-0.39, 0.29) is 18.1 Å². The van der Waals surface area contributed by atoms with E-state index < -0.39 is 25.6 Å². The number of cyclic esters (lactones) is 1. The predicted octanol–water partition coefficient (Wildman–Crippen LogP) is 4.10. The predicted molar refractivity (Wildman–Crippen MR) is 117 cm³/mol. The van der Waals surface area contributed by atoms with Crippen LogP contribution in [0.1, 0.15) is 25.8 Å². The van der Waals surface area contributed by atoms with Crippen LogP contribution in [0.5, 0.6) is 0 Å². The van der Waals surface area contributed by atoms with Gasteiger partial charge in [-0.3, -0.25) is 4.79 Å². The van der Waals surface area contributed by atoms with Crippen molar-refractivity contribution in [2.45, 2.75) is 51.4 Å². The van der Waals surface area contributed by atoms with Gasteiger partial charge in [-0.25, -0.2) is 4.79 Å². The van der Waals surface area contributed by atoms with Gasteiger partial charge in [0.25, 0.3) is 0 Å². The van der Waals surface area contributed by atoms with Crippen LogP contribution in [-0.2, 0) is 25.5 Å². The van der Waals surface area contributed by atoms with Crippen LogP contribution in [-0.4, -0.2) is 32.7 Å². The van der Waals surface area contributed by atoms with E-state index >= 15 is 0 Å². The van der Waals surface area contributed by atoms with E-state index in [0.29, 0.717) is 6.42 Å². The summed E-state index contributed by atoms with van der Waals surface area (Å²) >= 11 is 0. The molecule has 0 saturated carbocycles. The van der Waals surface area contributed by atoms with E-state index in [9.17, 15) is 9.59 Å². The van der Waals surface area contributed by atoms with Gasteiger partial charge >= 0.3 is 11.9 Å². The Morgan fingerprint density at radius 1 is 1.10 bits per heavy atom. The van der Waals surface area contributed by atoms with Crippen LogP contribution in [0.25, 0.3) is 0 Å². The molecule has 2 atom stereocenters.